The lowest BCUT2D eigenvalue weighted by atomic mass is 10.1. The lowest BCUT2D eigenvalue weighted by Crippen LogP contribution is -2.36. The molecule has 1 aliphatic heterocycles. The Bertz CT molecular complexity index is 1130. The molecule has 1 aliphatic rings. The number of ether oxygens (including phenoxy) is 2. The molecule has 0 bridgehead atoms. The molecule has 1 unspecified atom stereocenters. The van der Waals surface area contributed by atoms with Gasteiger partial charge in [-0.3, -0.25) is 10.2 Å². The number of aliphatic hydroxyl groups excluding tert-OH is 2. The van der Waals surface area contributed by atoms with Gasteiger partial charge in [0.05, 0.1) is 18.9 Å². The number of anilines is 2. The van der Waals surface area contributed by atoms with Gasteiger partial charge >= 0.3 is 12.0 Å². The summed E-state index contributed by atoms with van der Waals surface area (Å²) in [5.41, 5.74) is 1.47. The minimum absolute atomic E-state index is 0.0405. The summed E-state index contributed by atoms with van der Waals surface area (Å²) in [6.45, 7) is 4.22. The monoisotopic (exact) mass is 501 g/mol. The van der Waals surface area contributed by atoms with E-state index in [2.05, 4.69) is 20.3 Å². The number of nitrogens with zero attached hydrogens (tertiary/aromatic N) is 4. The van der Waals surface area contributed by atoms with Gasteiger partial charge in [0.15, 0.2) is 11.6 Å². The Morgan fingerprint density at radius 2 is 2.09 bits per heavy atom. The molecule has 10 nitrogen and oxygen atoms in total. The fraction of sp³-hybridized carbons (Fsp3) is 0.333. The Labute approximate surface area is 208 Å². The van der Waals surface area contributed by atoms with E-state index in [1.54, 1.807) is 18.2 Å². The number of aromatic nitrogens is 3. The van der Waals surface area contributed by atoms with Gasteiger partial charge in [0.1, 0.15) is 18.5 Å². The zero-order chi connectivity index (χ0) is 25.2. The third-order valence-corrected chi connectivity index (χ3v) is 4.96. The first-order valence-electron chi connectivity index (χ1n) is 11.3. The minimum atomic E-state index is -1.06. The van der Waals surface area contributed by atoms with E-state index in [-0.39, 0.29) is 18.4 Å². The van der Waals surface area contributed by atoms with Crippen molar-refractivity contribution in [1.29, 1.82) is 0 Å². The van der Waals surface area contributed by atoms with Gasteiger partial charge in [-0.05, 0) is 36.8 Å². The summed E-state index contributed by atoms with van der Waals surface area (Å²) in [6.07, 6.45) is 0.978. The fourth-order valence-electron chi connectivity index (χ4n) is 3.14. The zero-order valence-electron chi connectivity index (χ0n) is 19.5. The summed E-state index contributed by atoms with van der Waals surface area (Å²) in [4.78, 5) is 27.4. The van der Waals surface area contributed by atoms with Crippen LogP contribution in [0.15, 0.2) is 48.7 Å². The van der Waals surface area contributed by atoms with Gasteiger partial charge in [-0.2, -0.15) is 4.98 Å². The number of hydrogen-bond donors (Lipinski definition) is 3. The van der Waals surface area contributed by atoms with Crippen molar-refractivity contribution in [2.24, 2.45) is 0 Å². The predicted molar refractivity (Wildman–Crippen MR) is 133 cm³/mol. The number of carbonyl (C=O) groups excluding carboxylic acids is 1. The zero-order valence-corrected chi connectivity index (χ0v) is 20.3. The number of urea groups is 1. The molecule has 2 amide bonds. The molecular formula is C24H28ClN5O5. The SMILES string of the molecule is CC.O=C(Nc1ccnc(OCC(O)CO)n1)N1CCCOc2ccc(-c3cccc(Cl)c3)nc21. The van der Waals surface area contributed by atoms with Crippen LogP contribution in [0.5, 0.6) is 11.8 Å². The summed E-state index contributed by atoms with van der Waals surface area (Å²) in [7, 11) is 0. The van der Waals surface area contributed by atoms with Crippen LogP contribution in [0.25, 0.3) is 11.3 Å². The third kappa shape index (κ3) is 7.01. The van der Waals surface area contributed by atoms with Crippen LogP contribution in [-0.2, 0) is 0 Å². The second-order valence-corrected chi connectivity index (χ2v) is 7.62. The van der Waals surface area contributed by atoms with Gasteiger partial charge in [-0.1, -0.05) is 37.6 Å². The standard InChI is InChI=1S/C22H22ClN5O5.C2H6/c23-15-4-1-3-14(11-15)17-5-6-18-20(25-17)28(9-2-10-32-18)22(31)27-19-7-8-24-21(26-19)33-13-16(30)12-29;1-2/h1,3-8,11,16,29-30H,2,9-10,12-13H2,(H,24,26,27,31);1-2H3. The van der Waals surface area contributed by atoms with Crippen molar-refractivity contribution in [1.82, 2.24) is 15.0 Å². The highest BCUT2D eigenvalue weighted by atomic mass is 35.5. The average molecular weight is 502 g/mol. The highest BCUT2D eigenvalue weighted by molar-refractivity contribution is 6.30. The molecule has 0 saturated heterocycles. The second-order valence-electron chi connectivity index (χ2n) is 7.18. The third-order valence-electron chi connectivity index (χ3n) is 4.73. The lowest BCUT2D eigenvalue weighted by molar-refractivity contribution is 0.0505. The van der Waals surface area contributed by atoms with Crippen LogP contribution in [-0.4, -0.2) is 63.7 Å². The van der Waals surface area contributed by atoms with Gasteiger partial charge in [-0.15, -0.1) is 0 Å². The van der Waals surface area contributed by atoms with Crippen LogP contribution >= 0.6 is 11.6 Å². The molecule has 35 heavy (non-hydrogen) atoms. The van der Waals surface area contributed by atoms with Gasteiger partial charge in [0, 0.05) is 23.3 Å². The maximum Gasteiger partial charge on any atom is 0.328 e. The van der Waals surface area contributed by atoms with Crippen molar-refractivity contribution in [3.63, 3.8) is 0 Å². The van der Waals surface area contributed by atoms with Gasteiger partial charge in [-0.25, -0.2) is 14.8 Å². The van der Waals surface area contributed by atoms with Crippen LogP contribution in [0.4, 0.5) is 16.4 Å². The van der Waals surface area contributed by atoms with Crippen molar-refractivity contribution in [3.8, 4) is 23.0 Å². The maximum absolute atomic E-state index is 13.1. The number of fused-ring (bicyclic) bond motifs is 1. The van der Waals surface area contributed by atoms with E-state index < -0.39 is 18.7 Å². The number of hydrogen-bond acceptors (Lipinski definition) is 8. The smallest absolute Gasteiger partial charge is 0.328 e. The molecule has 3 aromatic rings. The van der Waals surface area contributed by atoms with Gasteiger partial charge < -0.3 is 19.7 Å². The Morgan fingerprint density at radius 3 is 2.86 bits per heavy atom. The molecular weight excluding hydrogens is 474 g/mol. The number of halogens is 1. The molecule has 0 aliphatic carbocycles. The van der Waals surface area contributed by atoms with Crippen LogP contribution in [0.1, 0.15) is 20.3 Å². The highest BCUT2D eigenvalue weighted by Gasteiger charge is 2.25. The largest absolute Gasteiger partial charge is 0.490 e. The molecule has 3 N–H and O–H groups in total. The number of amides is 2. The Hall–Kier alpha value is -3.47. The van der Waals surface area contributed by atoms with Gasteiger partial charge in [0.25, 0.3) is 0 Å². The lowest BCUT2D eigenvalue weighted by Gasteiger charge is -2.21. The van der Waals surface area contributed by atoms with E-state index in [1.807, 2.05) is 32.0 Å². The first-order chi connectivity index (χ1) is 17.0. The summed E-state index contributed by atoms with van der Waals surface area (Å²) in [6, 6.07) is 11.9. The summed E-state index contributed by atoms with van der Waals surface area (Å²) in [5, 5.41) is 21.6. The van der Waals surface area contributed by atoms with E-state index in [0.29, 0.717) is 41.9 Å². The summed E-state index contributed by atoms with van der Waals surface area (Å²) >= 11 is 6.12. The first kappa shape index (κ1) is 26.1. The molecule has 0 fully saturated rings. The topological polar surface area (TPSA) is 130 Å². The number of pyridine rings is 1. The molecule has 11 heteroatoms. The van der Waals surface area contributed by atoms with Crippen molar-refractivity contribution in [3.05, 3.63) is 53.7 Å². The molecule has 3 heterocycles. The molecule has 1 atom stereocenters. The van der Waals surface area contributed by atoms with E-state index in [0.717, 1.165) is 5.56 Å². The molecule has 0 radical (unpaired) electrons. The second kappa shape index (κ2) is 12.8. The minimum Gasteiger partial charge on any atom is -0.490 e. The quantitative estimate of drug-likeness (QED) is 0.465. The molecule has 186 valence electrons. The number of carbonyl (C=O) groups is 1. The van der Waals surface area contributed by atoms with Crippen molar-refractivity contribution >= 4 is 29.3 Å². The van der Waals surface area contributed by atoms with Crippen molar-refractivity contribution < 1.29 is 24.5 Å². The van der Waals surface area contributed by atoms with E-state index in [4.69, 9.17) is 26.2 Å². The number of nitrogens with one attached hydrogen (secondary N) is 1. The highest BCUT2D eigenvalue weighted by Crippen LogP contribution is 2.33. The molecule has 0 spiro atoms. The molecule has 1 aromatic carbocycles. The van der Waals surface area contributed by atoms with E-state index in [9.17, 15) is 9.90 Å². The summed E-state index contributed by atoms with van der Waals surface area (Å²) < 4.78 is 11.0. The molecule has 4 rings (SSSR count). The summed E-state index contributed by atoms with van der Waals surface area (Å²) in [5.74, 6) is 1.10. The number of benzene rings is 1. The van der Waals surface area contributed by atoms with Crippen LogP contribution in [0.2, 0.25) is 5.02 Å². The van der Waals surface area contributed by atoms with Crippen LogP contribution in [0.3, 0.4) is 0 Å². The van der Waals surface area contributed by atoms with E-state index in [1.165, 1.54) is 17.2 Å². The van der Waals surface area contributed by atoms with E-state index >= 15 is 0 Å². The normalized spacial score (nSPS) is 13.3. The predicted octanol–water partition coefficient (Wildman–Crippen LogP) is 3.77. The molecule has 2 aromatic heterocycles. The Morgan fingerprint density at radius 1 is 1.26 bits per heavy atom. The van der Waals surface area contributed by atoms with Crippen LogP contribution in [0, 0.1) is 0 Å². The number of rotatable bonds is 6. The Kier molecular flexibility index (Phi) is 9.59. The number of aliphatic hydroxyl groups is 2. The maximum atomic E-state index is 13.1. The fourth-order valence-corrected chi connectivity index (χ4v) is 3.33. The molecule has 0 saturated carbocycles. The van der Waals surface area contributed by atoms with Crippen molar-refractivity contribution in [2.75, 3.05) is 36.6 Å². The van der Waals surface area contributed by atoms with Crippen molar-refractivity contribution in [2.45, 2.75) is 26.4 Å². The van der Waals surface area contributed by atoms with Crippen LogP contribution < -0.4 is 19.7 Å². The first-order valence-corrected chi connectivity index (χ1v) is 11.6. The Balaban J connectivity index is 0.00000167. The average Bonchev–Trinajstić information content (AvgIpc) is 3.11. The van der Waals surface area contributed by atoms with Gasteiger partial charge in [0.2, 0.25) is 0 Å².